The van der Waals surface area contributed by atoms with Crippen LogP contribution in [0.1, 0.15) is 10.5 Å². The van der Waals surface area contributed by atoms with Crippen LogP contribution in [0.4, 0.5) is 10.1 Å². The van der Waals surface area contributed by atoms with E-state index in [0.29, 0.717) is 5.69 Å². The quantitative estimate of drug-likeness (QED) is 0.806. The number of carbonyl (C=O) groups is 1. The molecule has 0 fully saturated rings. The van der Waals surface area contributed by atoms with Crippen molar-refractivity contribution < 1.29 is 9.18 Å². The third-order valence-corrected chi connectivity index (χ3v) is 3.08. The van der Waals surface area contributed by atoms with Gasteiger partial charge in [-0.25, -0.2) is 9.07 Å². The van der Waals surface area contributed by atoms with Crippen molar-refractivity contribution in [2.45, 2.75) is 0 Å². The van der Waals surface area contributed by atoms with Gasteiger partial charge in [-0.05, 0) is 36.4 Å². The molecule has 0 aliphatic carbocycles. The first-order valence-corrected chi connectivity index (χ1v) is 6.73. The number of carbonyl (C=O) groups excluding carboxylic acids is 1. The molecule has 0 unspecified atom stereocenters. The van der Waals surface area contributed by atoms with Crippen molar-refractivity contribution in [2.24, 2.45) is 0 Å². The number of hydrogen-bond acceptors (Lipinski definition) is 3. The Morgan fingerprint density at radius 2 is 2.09 bits per heavy atom. The molecule has 0 spiro atoms. The van der Waals surface area contributed by atoms with E-state index in [4.69, 9.17) is 11.6 Å². The van der Waals surface area contributed by atoms with Gasteiger partial charge in [0.05, 0.1) is 5.69 Å². The summed E-state index contributed by atoms with van der Waals surface area (Å²) in [6.07, 6.45) is 4.89. The molecule has 7 heteroatoms. The normalized spacial score (nSPS) is 10.5. The molecule has 0 bridgehead atoms. The zero-order chi connectivity index (χ0) is 15.5. The summed E-state index contributed by atoms with van der Waals surface area (Å²) in [5.41, 5.74) is 1.15. The van der Waals surface area contributed by atoms with E-state index in [1.54, 1.807) is 35.3 Å². The minimum Gasteiger partial charge on any atom is -0.320 e. The van der Waals surface area contributed by atoms with E-state index in [2.05, 4.69) is 15.4 Å². The van der Waals surface area contributed by atoms with Crippen LogP contribution >= 0.6 is 11.6 Å². The third-order valence-electron chi connectivity index (χ3n) is 2.87. The lowest BCUT2D eigenvalue weighted by molar-refractivity contribution is 0.102. The number of rotatable bonds is 3. The molecule has 2 aromatic heterocycles. The number of nitrogens with one attached hydrogen (secondary N) is 1. The summed E-state index contributed by atoms with van der Waals surface area (Å²) in [5.74, 6) is -0.989. The summed E-state index contributed by atoms with van der Waals surface area (Å²) in [6.45, 7) is 0. The Kier molecular flexibility index (Phi) is 3.84. The standard InChI is InChI=1S/C15H10ClFN4O/c16-10-6-11(17)8-12(7-10)20-15(22)14-9-13(2-4-18-14)21-5-1-3-19-21/h1-9H,(H,20,22). The van der Waals surface area contributed by atoms with Gasteiger partial charge in [0.1, 0.15) is 11.5 Å². The second kappa shape index (κ2) is 5.95. The summed E-state index contributed by atoms with van der Waals surface area (Å²) in [7, 11) is 0. The molecule has 5 nitrogen and oxygen atoms in total. The van der Waals surface area contributed by atoms with Gasteiger partial charge in [-0.3, -0.25) is 9.78 Å². The summed E-state index contributed by atoms with van der Waals surface area (Å²) in [4.78, 5) is 16.2. The summed E-state index contributed by atoms with van der Waals surface area (Å²) >= 11 is 5.75. The maximum Gasteiger partial charge on any atom is 0.274 e. The number of amides is 1. The van der Waals surface area contributed by atoms with E-state index in [0.717, 1.165) is 6.07 Å². The second-order valence-corrected chi connectivity index (χ2v) is 4.90. The van der Waals surface area contributed by atoms with Crippen molar-refractivity contribution >= 4 is 23.2 Å². The Labute approximate surface area is 130 Å². The van der Waals surface area contributed by atoms with Gasteiger partial charge in [0.25, 0.3) is 5.91 Å². The average molecular weight is 317 g/mol. The first-order chi connectivity index (χ1) is 10.6. The molecule has 0 radical (unpaired) electrons. The zero-order valence-electron chi connectivity index (χ0n) is 11.2. The van der Waals surface area contributed by atoms with E-state index in [1.165, 1.54) is 18.3 Å². The lowest BCUT2D eigenvalue weighted by Gasteiger charge is -2.07. The van der Waals surface area contributed by atoms with Crippen LogP contribution in [0.15, 0.2) is 55.0 Å². The van der Waals surface area contributed by atoms with Gasteiger partial charge >= 0.3 is 0 Å². The van der Waals surface area contributed by atoms with Crippen LogP contribution in [0, 0.1) is 5.82 Å². The van der Waals surface area contributed by atoms with Crippen LogP contribution in [-0.2, 0) is 0 Å². The first-order valence-electron chi connectivity index (χ1n) is 6.35. The van der Waals surface area contributed by atoms with Crippen LogP contribution < -0.4 is 5.32 Å². The molecule has 22 heavy (non-hydrogen) atoms. The topological polar surface area (TPSA) is 59.8 Å². The van der Waals surface area contributed by atoms with E-state index >= 15 is 0 Å². The maximum absolute atomic E-state index is 13.3. The Hall–Kier alpha value is -2.73. The van der Waals surface area contributed by atoms with Gasteiger partial charge in [-0.1, -0.05) is 11.6 Å². The number of nitrogens with zero attached hydrogens (tertiary/aromatic N) is 3. The van der Waals surface area contributed by atoms with Crippen LogP contribution in [0.25, 0.3) is 5.69 Å². The molecule has 3 rings (SSSR count). The van der Waals surface area contributed by atoms with E-state index in [9.17, 15) is 9.18 Å². The maximum atomic E-state index is 13.3. The van der Waals surface area contributed by atoms with Gasteiger partial charge < -0.3 is 5.32 Å². The fraction of sp³-hybridized carbons (Fsp3) is 0. The van der Waals surface area contributed by atoms with Crippen molar-refractivity contribution in [1.82, 2.24) is 14.8 Å². The minimum absolute atomic E-state index is 0.188. The summed E-state index contributed by atoms with van der Waals surface area (Å²) < 4.78 is 14.9. The molecule has 1 N–H and O–H groups in total. The molecule has 0 saturated carbocycles. The first kappa shape index (κ1) is 14.2. The predicted octanol–water partition coefficient (Wildman–Crippen LogP) is 3.31. The monoisotopic (exact) mass is 316 g/mol. The van der Waals surface area contributed by atoms with Gasteiger partial charge in [0.2, 0.25) is 0 Å². The number of benzene rings is 1. The largest absolute Gasteiger partial charge is 0.320 e. The van der Waals surface area contributed by atoms with Crippen molar-refractivity contribution in [3.05, 3.63) is 71.5 Å². The fourth-order valence-corrected chi connectivity index (χ4v) is 2.15. The van der Waals surface area contributed by atoms with Gasteiger partial charge in [-0.15, -0.1) is 0 Å². The van der Waals surface area contributed by atoms with Crippen LogP contribution in [0.3, 0.4) is 0 Å². The minimum atomic E-state index is -0.527. The number of anilines is 1. The van der Waals surface area contributed by atoms with Gasteiger partial charge in [0, 0.05) is 29.3 Å². The van der Waals surface area contributed by atoms with E-state index < -0.39 is 11.7 Å². The van der Waals surface area contributed by atoms with E-state index in [1.807, 2.05) is 0 Å². The molecule has 1 amide bonds. The highest BCUT2D eigenvalue weighted by Crippen LogP contribution is 2.19. The lowest BCUT2D eigenvalue weighted by Crippen LogP contribution is -2.14. The highest BCUT2D eigenvalue weighted by molar-refractivity contribution is 6.31. The fourth-order valence-electron chi connectivity index (χ4n) is 1.93. The molecule has 0 saturated heterocycles. The molecule has 0 atom stereocenters. The lowest BCUT2D eigenvalue weighted by atomic mass is 10.2. The highest BCUT2D eigenvalue weighted by atomic mass is 35.5. The molecule has 0 aliphatic heterocycles. The van der Waals surface area contributed by atoms with Crippen LogP contribution in [-0.4, -0.2) is 20.7 Å². The van der Waals surface area contributed by atoms with Crippen LogP contribution in [0.5, 0.6) is 0 Å². The molecular weight excluding hydrogens is 307 g/mol. The van der Waals surface area contributed by atoms with Crippen molar-refractivity contribution in [3.63, 3.8) is 0 Å². The van der Waals surface area contributed by atoms with Crippen molar-refractivity contribution in [3.8, 4) is 5.69 Å². The highest BCUT2D eigenvalue weighted by Gasteiger charge is 2.10. The Balaban J connectivity index is 1.85. The zero-order valence-corrected chi connectivity index (χ0v) is 12.0. The Morgan fingerprint density at radius 3 is 2.82 bits per heavy atom. The van der Waals surface area contributed by atoms with Gasteiger partial charge in [-0.2, -0.15) is 5.10 Å². The molecule has 1 aromatic carbocycles. The molecule has 110 valence electrons. The Bertz CT molecular complexity index is 800. The predicted molar refractivity (Wildman–Crippen MR) is 80.7 cm³/mol. The average Bonchev–Trinajstić information content (AvgIpc) is 3.00. The summed E-state index contributed by atoms with van der Waals surface area (Å²) in [6, 6.07) is 8.88. The molecule has 2 heterocycles. The van der Waals surface area contributed by atoms with E-state index in [-0.39, 0.29) is 16.4 Å². The SMILES string of the molecule is O=C(Nc1cc(F)cc(Cl)c1)c1cc(-n2cccn2)ccn1. The number of hydrogen-bond donors (Lipinski definition) is 1. The van der Waals surface area contributed by atoms with Crippen LogP contribution in [0.2, 0.25) is 5.02 Å². The van der Waals surface area contributed by atoms with Crippen molar-refractivity contribution in [2.75, 3.05) is 5.32 Å². The van der Waals surface area contributed by atoms with Gasteiger partial charge in [0.15, 0.2) is 0 Å². The summed E-state index contributed by atoms with van der Waals surface area (Å²) in [5, 5.41) is 6.84. The molecule has 3 aromatic rings. The number of pyridine rings is 1. The van der Waals surface area contributed by atoms with Crippen molar-refractivity contribution in [1.29, 1.82) is 0 Å². The second-order valence-electron chi connectivity index (χ2n) is 4.46. The molecular formula is C15H10ClFN4O. The third kappa shape index (κ3) is 3.12. The number of aromatic nitrogens is 3. The number of halogens is 2. The molecule has 0 aliphatic rings. The smallest absolute Gasteiger partial charge is 0.274 e. The Morgan fingerprint density at radius 1 is 1.23 bits per heavy atom.